The van der Waals surface area contributed by atoms with Crippen LogP contribution in [0.25, 0.3) is 0 Å². The van der Waals surface area contributed by atoms with Crippen molar-refractivity contribution in [3.05, 3.63) is 63.9 Å². The summed E-state index contributed by atoms with van der Waals surface area (Å²) in [6.07, 6.45) is -0.858. The Labute approximate surface area is 113 Å². The second-order valence-electron chi connectivity index (χ2n) is 3.85. The normalized spacial score (nSPS) is 12.2. The quantitative estimate of drug-likeness (QED) is 0.937. The van der Waals surface area contributed by atoms with Crippen molar-refractivity contribution in [1.29, 1.82) is 0 Å². The second-order valence-corrected chi connectivity index (χ2v) is 4.77. The van der Waals surface area contributed by atoms with Gasteiger partial charge in [0.05, 0.1) is 7.11 Å². The Morgan fingerprint density at radius 1 is 1.17 bits per heavy atom. The van der Waals surface area contributed by atoms with Crippen molar-refractivity contribution in [2.45, 2.75) is 6.10 Å². The Bertz CT molecular complexity index is 557. The van der Waals surface area contributed by atoms with Crippen molar-refractivity contribution >= 4 is 15.9 Å². The maximum absolute atomic E-state index is 13.6. The molecule has 4 heteroatoms. The van der Waals surface area contributed by atoms with E-state index in [1.165, 1.54) is 19.2 Å². The molecule has 1 atom stereocenters. The van der Waals surface area contributed by atoms with Gasteiger partial charge in [-0.25, -0.2) is 4.39 Å². The fraction of sp³-hybridized carbons (Fsp3) is 0.143. The van der Waals surface area contributed by atoms with Gasteiger partial charge in [-0.2, -0.15) is 0 Å². The average Bonchev–Trinajstić information content (AvgIpc) is 2.37. The van der Waals surface area contributed by atoms with Gasteiger partial charge in [-0.1, -0.05) is 34.1 Å². The van der Waals surface area contributed by atoms with E-state index in [0.29, 0.717) is 11.1 Å². The fourth-order valence-electron chi connectivity index (χ4n) is 1.72. The molecule has 0 amide bonds. The third kappa shape index (κ3) is 2.71. The number of methoxy groups -OCH3 is 1. The Balaban J connectivity index is 2.34. The molecule has 94 valence electrons. The third-order valence-electron chi connectivity index (χ3n) is 2.66. The molecule has 0 spiro atoms. The zero-order valence-electron chi connectivity index (χ0n) is 9.73. The van der Waals surface area contributed by atoms with Crippen LogP contribution in [0.15, 0.2) is 46.9 Å². The first kappa shape index (κ1) is 13.1. The number of hydrogen-bond acceptors (Lipinski definition) is 2. The number of aliphatic hydroxyl groups excluding tert-OH is 1. The molecule has 2 aromatic rings. The zero-order valence-corrected chi connectivity index (χ0v) is 11.3. The Kier molecular flexibility index (Phi) is 3.99. The van der Waals surface area contributed by atoms with Gasteiger partial charge in [-0.05, 0) is 35.4 Å². The van der Waals surface area contributed by atoms with E-state index in [0.717, 1.165) is 4.47 Å². The van der Waals surface area contributed by atoms with Gasteiger partial charge in [0.25, 0.3) is 0 Å². The molecule has 2 aromatic carbocycles. The molecule has 2 rings (SSSR count). The summed E-state index contributed by atoms with van der Waals surface area (Å²) in [6.45, 7) is 0. The lowest BCUT2D eigenvalue weighted by molar-refractivity contribution is 0.219. The first-order valence-corrected chi connectivity index (χ1v) is 6.18. The lowest BCUT2D eigenvalue weighted by Crippen LogP contribution is -2.01. The van der Waals surface area contributed by atoms with Crippen LogP contribution in [0.4, 0.5) is 4.39 Å². The molecule has 0 aliphatic heterocycles. The Morgan fingerprint density at radius 3 is 2.50 bits per heavy atom. The van der Waals surface area contributed by atoms with E-state index in [1.807, 2.05) is 12.1 Å². The highest BCUT2D eigenvalue weighted by Crippen LogP contribution is 2.27. The highest BCUT2D eigenvalue weighted by atomic mass is 79.9. The van der Waals surface area contributed by atoms with Gasteiger partial charge in [-0.3, -0.25) is 0 Å². The Morgan fingerprint density at radius 2 is 1.89 bits per heavy atom. The SMILES string of the molecule is COc1ccc([C@H](O)c2cccc(Br)c2)cc1F. The van der Waals surface area contributed by atoms with E-state index >= 15 is 0 Å². The molecule has 0 fully saturated rings. The van der Waals surface area contributed by atoms with Crippen LogP contribution in [0.5, 0.6) is 5.75 Å². The molecular formula is C14H12BrFO2. The number of benzene rings is 2. The van der Waals surface area contributed by atoms with Gasteiger partial charge in [0.15, 0.2) is 11.6 Å². The van der Waals surface area contributed by atoms with E-state index in [9.17, 15) is 9.50 Å². The lowest BCUT2D eigenvalue weighted by atomic mass is 10.0. The molecule has 0 unspecified atom stereocenters. The standard InChI is InChI=1S/C14H12BrFO2/c1-18-13-6-5-10(8-12(13)16)14(17)9-3-2-4-11(15)7-9/h2-8,14,17H,1H3/t14-/m1/s1. The molecule has 0 aliphatic carbocycles. The largest absolute Gasteiger partial charge is 0.494 e. The molecule has 0 aromatic heterocycles. The van der Waals surface area contributed by atoms with Crippen molar-refractivity contribution in [3.8, 4) is 5.75 Å². The van der Waals surface area contributed by atoms with Gasteiger partial charge in [-0.15, -0.1) is 0 Å². The summed E-state index contributed by atoms with van der Waals surface area (Å²) in [5.41, 5.74) is 1.19. The van der Waals surface area contributed by atoms with Crippen molar-refractivity contribution in [2.24, 2.45) is 0 Å². The molecule has 0 bridgehead atoms. The van der Waals surface area contributed by atoms with E-state index in [-0.39, 0.29) is 5.75 Å². The number of rotatable bonds is 3. The first-order valence-electron chi connectivity index (χ1n) is 5.39. The Hall–Kier alpha value is -1.39. The van der Waals surface area contributed by atoms with E-state index < -0.39 is 11.9 Å². The summed E-state index contributed by atoms with van der Waals surface area (Å²) in [5.74, 6) is -0.316. The van der Waals surface area contributed by atoms with Crippen molar-refractivity contribution in [3.63, 3.8) is 0 Å². The minimum atomic E-state index is -0.858. The van der Waals surface area contributed by atoms with Crippen LogP contribution in [-0.4, -0.2) is 12.2 Å². The fourth-order valence-corrected chi connectivity index (χ4v) is 2.14. The van der Waals surface area contributed by atoms with E-state index in [4.69, 9.17) is 4.74 Å². The number of aliphatic hydroxyl groups is 1. The minimum absolute atomic E-state index is 0.167. The monoisotopic (exact) mass is 310 g/mol. The van der Waals surface area contributed by atoms with Crippen LogP contribution >= 0.6 is 15.9 Å². The van der Waals surface area contributed by atoms with Crippen LogP contribution in [0.1, 0.15) is 17.2 Å². The van der Waals surface area contributed by atoms with Crippen LogP contribution in [0.2, 0.25) is 0 Å². The maximum Gasteiger partial charge on any atom is 0.165 e. The first-order chi connectivity index (χ1) is 8.61. The molecule has 2 nitrogen and oxygen atoms in total. The van der Waals surface area contributed by atoms with Gasteiger partial charge >= 0.3 is 0 Å². The van der Waals surface area contributed by atoms with Crippen molar-refractivity contribution < 1.29 is 14.2 Å². The molecule has 0 aliphatic rings. The van der Waals surface area contributed by atoms with Crippen LogP contribution in [-0.2, 0) is 0 Å². The van der Waals surface area contributed by atoms with Crippen molar-refractivity contribution in [1.82, 2.24) is 0 Å². The summed E-state index contributed by atoms with van der Waals surface area (Å²) < 4.78 is 19.3. The zero-order chi connectivity index (χ0) is 13.1. The summed E-state index contributed by atoms with van der Waals surface area (Å²) in [7, 11) is 1.41. The molecule has 18 heavy (non-hydrogen) atoms. The van der Waals surface area contributed by atoms with Crippen LogP contribution in [0, 0.1) is 5.82 Å². The predicted molar refractivity (Wildman–Crippen MR) is 71.2 cm³/mol. The lowest BCUT2D eigenvalue weighted by Gasteiger charge is -2.13. The summed E-state index contributed by atoms with van der Waals surface area (Å²) in [5, 5.41) is 10.2. The predicted octanol–water partition coefficient (Wildman–Crippen LogP) is 3.68. The average molecular weight is 311 g/mol. The van der Waals surface area contributed by atoms with Gasteiger partial charge < -0.3 is 9.84 Å². The summed E-state index contributed by atoms with van der Waals surface area (Å²) >= 11 is 3.34. The molecule has 0 saturated carbocycles. The topological polar surface area (TPSA) is 29.5 Å². The smallest absolute Gasteiger partial charge is 0.165 e. The van der Waals surface area contributed by atoms with Gasteiger partial charge in [0, 0.05) is 4.47 Å². The number of ether oxygens (including phenoxy) is 1. The number of halogens is 2. The maximum atomic E-state index is 13.6. The highest BCUT2D eigenvalue weighted by molar-refractivity contribution is 9.10. The summed E-state index contributed by atoms with van der Waals surface area (Å²) in [6, 6.07) is 11.7. The summed E-state index contributed by atoms with van der Waals surface area (Å²) in [4.78, 5) is 0. The molecule has 0 radical (unpaired) electrons. The second kappa shape index (κ2) is 5.50. The van der Waals surface area contributed by atoms with Crippen LogP contribution < -0.4 is 4.74 Å². The third-order valence-corrected chi connectivity index (χ3v) is 3.15. The van der Waals surface area contributed by atoms with Crippen molar-refractivity contribution in [2.75, 3.05) is 7.11 Å². The number of hydrogen-bond donors (Lipinski definition) is 1. The minimum Gasteiger partial charge on any atom is -0.494 e. The molecular weight excluding hydrogens is 299 g/mol. The van der Waals surface area contributed by atoms with Gasteiger partial charge in [0.2, 0.25) is 0 Å². The molecule has 1 N–H and O–H groups in total. The van der Waals surface area contributed by atoms with Gasteiger partial charge in [0.1, 0.15) is 6.10 Å². The highest BCUT2D eigenvalue weighted by Gasteiger charge is 2.13. The van der Waals surface area contributed by atoms with E-state index in [2.05, 4.69) is 15.9 Å². The molecule has 0 saturated heterocycles. The van der Waals surface area contributed by atoms with Crippen LogP contribution in [0.3, 0.4) is 0 Å². The molecule has 0 heterocycles. The van der Waals surface area contributed by atoms with E-state index in [1.54, 1.807) is 18.2 Å².